The summed E-state index contributed by atoms with van der Waals surface area (Å²) in [6.45, 7) is 2.71. The molecule has 2 aromatic carbocycles. The van der Waals surface area contributed by atoms with Gasteiger partial charge in [0.05, 0.1) is 15.8 Å². The summed E-state index contributed by atoms with van der Waals surface area (Å²) in [5, 5.41) is 5.99. The molecule has 6 nitrogen and oxygen atoms in total. The van der Waals surface area contributed by atoms with Crippen molar-refractivity contribution >= 4 is 37.8 Å². The Hall–Kier alpha value is -3.00. The van der Waals surface area contributed by atoms with Gasteiger partial charge in [-0.05, 0) is 42.8 Å². The van der Waals surface area contributed by atoms with Crippen LogP contribution >= 0.6 is 0 Å². The normalized spacial score (nSPS) is 11.9. The largest absolute Gasteiger partial charge is 0.263 e. The van der Waals surface area contributed by atoms with Gasteiger partial charge in [-0.25, -0.2) is 22.5 Å². The van der Waals surface area contributed by atoms with E-state index >= 15 is 0 Å². The Bertz CT molecular complexity index is 1250. The van der Waals surface area contributed by atoms with Gasteiger partial charge >= 0.3 is 0 Å². The van der Waals surface area contributed by atoms with Crippen molar-refractivity contribution in [1.29, 1.82) is 0 Å². The fourth-order valence-corrected chi connectivity index (χ4v) is 4.06. The number of anilines is 1. The van der Waals surface area contributed by atoms with Gasteiger partial charge in [-0.2, -0.15) is 5.10 Å². The Morgan fingerprint density at radius 1 is 1.11 bits per heavy atom. The van der Waals surface area contributed by atoms with Crippen molar-refractivity contribution < 1.29 is 12.8 Å². The number of aromatic nitrogens is 3. The number of pyridine rings is 1. The first-order chi connectivity index (χ1) is 13.5. The molecule has 8 heteroatoms. The van der Waals surface area contributed by atoms with Crippen LogP contribution in [-0.4, -0.2) is 23.2 Å². The molecule has 144 valence electrons. The summed E-state index contributed by atoms with van der Waals surface area (Å²) >= 11 is 0. The molecule has 0 radical (unpaired) electrons. The van der Waals surface area contributed by atoms with E-state index in [2.05, 4.69) is 21.7 Å². The first-order valence-electron chi connectivity index (χ1n) is 9.02. The molecule has 4 aromatic rings. The number of hydrogen-bond donors (Lipinski definition) is 1. The van der Waals surface area contributed by atoms with Crippen molar-refractivity contribution in [3.05, 3.63) is 60.4 Å². The average Bonchev–Trinajstić information content (AvgIpc) is 3.01. The molecule has 1 N–H and O–H groups in total. The predicted molar refractivity (Wildman–Crippen MR) is 107 cm³/mol. The molecule has 0 bridgehead atoms. The van der Waals surface area contributed by atoms with Gasteiger partial charge in [0.2, 0.25) is 0 Å². The minimum absolute atomic E-state index is 0.0288. The summed E-state index contributed by atoms with van der Waals surface area (Å²) in [6, 6.07) is 14.2. The zero-order valence-corrected chi connectivity index (χ0v) is 16.1. The van der Waals surface area contributed by atoms with Gasteiger partial charge in [0.1, 0.15) is 5.82 Å². The van der Waals surface area contributed by atoms with Crippen molar-refractivity contribution in [1.82, 2.24) is 14.8 Å². The molecule has 0 atom stereocenters. The first-order valence-corrected chi connectivity index (χ1v) is 10.5. The Balaban J connectivity index is 1.83. The standard InChI is InChI=1S/C20H19FN4O2S/c1-2-3-12-25-20-17(13-14-6-4-5-7-18(14)22-20)19(23-25)24-28(26,27)16-10-8-15(21)9-11-16/h4-11,13H,2-3,12H2,1H3,(H,23,24). The smallest absolute Gasteiger partial charge is 0.261 e. The molecule has 0 spiro atoms. The van der Waals surface area contributed by atoms with Crippen LogP contribution in [0.15, 0.2) is 59.5 Å². The van der Waals surface area contributed by atoms with E-state index < -0.39 is 15.8 Å². The van der Waals surface area contributed by atoms with Crippen LogP contribution < -0.4 is 4.72 Å². The lowest BCUT2D eigenvalue weighted by molar-refractivity contribution is 0.584. The monoisotopic (exact) mass is 398 g/mol. The van der Waals surface area contributed by atoms with E-state index in [1.165, 1.54) is 12.1 Å². The number of rotatable bonds is 6. The van der Waals surface area contributed by atoms with Gasteiger partial charge in [-0.15, -0.1) is 0 Å². The number of benzene rings is 2. The van der Waals surface area contributed by atoms with E-state index in [9.17, 15) is 12.8 Å². The number of nitrogens with zero attached hydrogens (tertiary/aromatic N) is 3. The molecule has 0 saturated heterocycles. The number of nitrogens with one attached hydrogen (secondary N) is 1. The molecule has 0 aliphatic heterocycles. The van der Waals surface area contributed by atoms with Crippen molar-refractivity contribution in [2.24, 2.45) is 0 Å². The summed E-state index contributed by atoms with van der Waals surface area (Å²) in [7, 11) is -3.90. The molecule has 0 aliphatic carbocycles. The molecular formula is C20H19FN4O2S. The molecule has 4 rings (SSSR count). The number of para-hydroxylation sites is 1. The van der Waals surface area contributed by atoms with Crippen molar-refractivity contribution in [3.8, 4) is 0 Å². The second-order valence-electron chi connectivity index (χ2n) is 6.54. The summed E-state index contributed by atoms with van der Waals surface area (Å²) in [6.07, 6.45) is 1.88. The van der Waals surface area contributed by atoms with Gasteiger partial charge in [0.15, 0.2) is 11.5 Å². The molecule has 0 fully saturated rings. The predicted octanol–water partition coefficient (Wildman–Crippen LogP) is 4.32. The quantitative estimate of drug-likeness (QED) is 0.525. The SMILES string of the molecule is CCCCn1nc(NS(=O)(=O)c2ccc(F)cc2)c2cc3ccccc3nc21. The van der Waals surface area contributed by atoms with Gasteiger partial charge in [0.25, 0.3) is 10.0 Å². The van der Waals surface area contributed by atoms with E-state index in [1.807, 2.05) is 30.3 Å². The van der Waals surface area contributed by atoms with Gasteiger partial charge < -0.3 is 0 Å². The summed E-state index contributed by atoms with van der Waals surface area (Å²) in [4.78, 5) is 4.65. The number of hydrogen-bond acceptors (Lipinski definition) is 4. The van der Waals surface area contributed by atoms with Gasteiger partial charge in [0, 0.05) is 11.9 Å². The van der Waals surface area contributed by atoms with Crippen LogP contribution in [-0.2, 0) is 16.6 Å². The molecule has 28 heavy (non-hydrogen) atoms. The first kappa shape index (κ1) is 18.4. The van der Waals surface area contributed by atoms with E-state index in [0.29, 0.717) is 17.6 Å². The number of aryl methyl sites for hydroxylation is 1. The second kappa shape index (κ2) is 7.20. The van der Waals surface area contributed by atoms with E-state index in [1.54, 1.807) is 4.68 Å². The fourth-order valence-electron chi connectivity index (χ4n) is 3.04. The number of unbranched alkanes of at least 4 members (excludes halogenated alkanes) is 1. The van der Waals surface area contributed by atoms with Crippen LogP contribution in [0.1, 0.15) is 19.8 Å². The van der Waals surface area contributed by atoms with Crippen LogP contribution in [0.25, 0.3) is 21.9 Å². The highest BCUT2D eigenvalue weighted by atomic mass is 32.2. The third kappa shape index (κ3) is 3.43. The highest BCUT2D eigenvalue weighted by molar-refractivity contribution is 7.92. The Labute approximate surface area is 162 Å². The van der Waals surface area contributed by atoms with Crippen molar-refractivity contribution in [2.75, 3.05) is 4.72 Å². The maximum absolute atomic E-state index is 13.1. The number of halogens is 1. The summed E-state index contributed by atoms with van der Waals surface area (Å²) in [5.41, 5.74) is 1.45. The van der Waals surface area contributed by atoms with Crippen LogP contribution in [0.3, 0.4) is 0 Å². The zero-order chi connectivity index (χ0) is 19.7. The fraction of sp³-hybridized carbons (Fsp3) is 0.200. The Morgan fingerprint density at radius 3 is 2.61 bits per heavy atom. The van der Waals surface area contributed by atoms with E-state index in [-0.39, 0.29) is 10.7 Å². The van der Waals surface area contributed by atoms with Crippen molar-refractivity contribution in [3.63, 3.8) is 0 Å². The lowest BCUT2D eigenvalue weighted by Crippen LogP contribution is -2.14. The average molecular weight is 398 g/mol. The Morgan fingerprint density at radius 2 is 1.86 bits per heavy atom. The lowest BCUT2D eigenvalue weighted by atomic mass is 10.2. The minimum atomic E-state index is -3.90. The Kier molecular flexibility index (Phi) is 4.72. The number of fused-ring (bicyclic) bond motifs is 2. The molecule has 0 aliphatic rings. The van der Waals surface area contributed by atoms with E-state index in [4.69, 9.17) is 0 Å². The molecular weight excluding hydrogens is 379 g/mol. The maximum Gasteiger partial charge on any atom is 0.263 e. The third-order valence-electron chi connectivity index (χ3n) is 4.50. The highest BCUT2D eigenvalue weighted by Crippen LogP contribution is 2.28. The van der Waals surface area contributed by atoms with Crippen LogP contribution in [0.2, 0.25) is 0 Å². The third-order valence-corrected chi connectivity index (χ3v) is 5.86. The lowest BCUT2D eigenvalue weighted by Gasteiger charge is -2.06. The molecule has 0 saturated carbocycles. The molecule has 0 unspecified atom stereocenters. The molecule has 2 aromatic heterocycles. The summed E-state index contributed by atoms with van der Waals surface area (Å²) in [5.74, 6) is -0.280. The topological polar surface area (TPSA) is 76.9 Å². The zero-order valence-electron chi connectivity index (χ0n) is 15.3. The summed E-state index contributed by atoms with van der Waals surface area (Å²) < 4.78 is 42.9. The number of sulfonamides is 1. The highest BCUT2D eigenvalue weighted by Gasteiger charge is 2.20. The molecule has 0 amide bonds. The molecule has 2 heterocycles. The van der Waals surface area contributed by atoms with Crippen LogP contribution in [0, 0.1) is 5.82 Å². The van der Waals surface area contributed by atoms with Gasteiger partial charge in [-0.1, -0.05) is 31.5 Å². The maximum atomic E-state index is 13.1. The van der Waals surface area contributed by atoms with Gasteiger partial charge in [-0.3, -0.25) is 4.72 Å². The van der Waals surface area contributed by atoms with Crippen LogP contribution in [0.4, 0.5) is 10.2 Å². The van der Waals surface area contributed by atoms with E-state index in [0.717, 1.165) is 35.9 Å². The van der Waals surface area contributed by atoms with Crippen molar-refractivity contribution in [2.45, 2.75) is 31.2 Å². The second-order valence-corrected chi connectivity index (χ2v) is 8.22. The minimum Gasteiger partial charge on any atom is -0.261 e. The van der Waals surface area contributed by atoms with Crippen LogP contribution in [0.5, 0.6) is 0 Å².